The van der Waals surface area contributed by atoms with Crippen LogP contribution in [0, 0.1) is 0 Å². The average molecular weight is 399 g/mol. The lowest BCUT2D eigenvalue weighted by atomic mass is 10.2. The molecule has 2 aromatic carbocycles. The van der Waals surface area contributed by atoms with Crippen molar-refractivity contribution in [1.82, 2.24) is 9.44 Å². The SMILES string of the molecule is CS(=O)(=O)NCCOc1ccc(S(=O)(=O)NCCc2ccccc2)cc1. The third-order valence-electron chi connectivity index (χ3n) is 3.42. The summed E-state index contributed by atoms with van der Waals surface area (Å²) in [6.45, 7) is 0.593. The molecule has 2 aromatic rings. The summed E-state index contributed by atoms with van der Waals surface area (Å²) in [5, 5.41) is 0. The van der Waals surface area contributed by atoms with Gasteiger partial charge in [-0.25, -0.2) is 26.3 Å². The van der Waals surface area contributed by atoms with E-state index in [9.17, 15) is 16.8 Å². The van der Waals surface area contributed by atoms with E-state index in [4.69, 9.17) is 4.74 Å². The fraction of sp³-hybridized carbons (Fsp3) is 0.294. The molecule has 0 aliphatic carbocycles. The normalized spacial score (nSPS) is 12.0. The molecule has 0 saturated carbocycles. The largest absolute Gasteiger partial charge is 0.492 e. The van der Waals surface area contributed by atoms with Gasteiger partial charge in [0.05, 0.1) is 11.2 Å². The van der Waals surface area contributed by atoms with Crippen LogP contribution in [0.1, 0.15) is 5.56 Å². The lowest BCUT2D eigenvalue weighted by Gasteiger charge is -2.09. The van der Waals surface area contributed by atoms with E-state index in [1.165, 1.54) is 24.3 Å². The first kappa shape index (κ1) is 20.4. The average Bonchev–Trinajstić information content (AvgIpc) is 2.59. The molecule has 0 saturated heterocycles. The molecule has 0 atom stereocenters. The van der Waals surface area contributed by atoms with Crippen LogP contribution in [0.15, 0.2) is 59.5 Å². The number of benzene rings is 2. The summed E-state index contributed by atoms with van der Waals surface area (Å²) >= 11 is 0. The van der Waals surface area contributed by atoms with Gasteiger partial charge >= 0.3 is 0 Å². The van der Waals surface area contributed by atoms with Gasteiger partial charge in [0.15, 0.2) is 0 Å². The fourth-order valence-corrected chi connectivity index (χ4v) is 3.65. The van der Waals surface area contributed by atoms with Crippen molar-refractivity contribution < 1.29 is 21.6 Å². The van der Waals surface area contributed by atoms with Crippen LogP contribution in [-0.4, -0.2) is 42.8 Å². The Balaban J connectivity index is 1.83. The van der Waals surface area contributed by atoms with Crippen LogP contribution in [0.3, 0.4) is 0 Å². The van der Waals surface area contributed by atoms with Crippen molar-refractivity contribution >= 4 is 20.0 Å². The van der Waals surface area contributed by atoms with Gasteiger partial charge in [-0.05, 0) is 36.2 Å². The van der Waals surface area contributed by atoms with E-state index in [1.807, 2.05) is 30.3 Å². The number of rotatable bonds is 10. The molecule has 0 unspecified atom stereocenters. The fourth-order valence-electron chi connectivity index (χ4n) is 2.17. The number of hydrogen-bond acceptors (Lipinski definition) is 5. The van der Waals surface area contributed by atoms with Crippen molar-refractivity contribution in [2.75, 3.05) is 26.0 Å². The predicted molar refractivity (Wildman–Crippen MR) is 100 cm³/mol. The Kier molecular flexibility index (Phi) is 7.15. The third-order valence-corrected chi connectivity index (χ3v) is 5.62. The molecule has 2 N–H and O–H groups in total. The van der Waals surface area contributed by atoms with E-state index >= 15 is 0 Å². The van der Waals surface area contributed by atoms with Gasteiger partial charge in [0, 0.05) is 13.1 Å². The molecule has 0 bridgehead atoms. The van der Waals surface area contributed by atoms with Crippen LogP contribution >= 0.6 is 0 Å². The van der Waals surface area contributed by atoms with Crippen molar-refractivity contribution in [1.29, 1.82) is 0 Å². The molecule has 0 aliphatic rings. The summed E-state index contributed by atoms with van der Waals surface area (Å²) in [4.78, 5) is 0.146. The topological polar surface area (TPSA) is 102 Å². The molecule has 0 aliphatic heterocycles. The first-order chi connectivity index (χ1) is 12.3. The minimum Gasteiger partial charge on any atom is -0.492 e. The molecule has 2 rings (SSSR count). The molecule has 0 amide bonds. The van der Waals surface area contributed by atoms with Crippen LogP contribution in [0.5, 0.6) is 5.75 Å². The van der Waals surface area contributed by atoms with Gasteiger partial charge in [-0.3, -0.25) is 0 Å². The first-order valence-electron chi connectivity index (χ1n) is 7.97. The maximum Gasteiger partial charge on any atom is 0.240 e. The summed E-state index contributed by atoms with van der Waals surface area (Å²) < 4.78 is 56.7. The van der Waals surface area contributed by atoms with Crippen LogP contribution in [-0.2, 0) is 26.5 Å². The maximum atomic E-state index is 12.3. The van der Waals surface area contributed by atoms with E-state index in [0.717, 1.165) is 11.8 Å². The highest BCUT2D eigenvalue weighted by atomic mass is 32.2. The van der Waals surface area contributed by atoms with E-state index in [-0.39, 0.29) is 18.0 Å². The Morgan fingerprint density at radius 3 is 2.12 bits per heavy atom. The first-order valence-corrected chi connectivity index (χ1v) is 11.3. The smallest absolute Gasteiger partial charge is 0.240 e. The molecule has 0 heterocycles. The number of ether oxygens (including phenoxy) is 1. The van der Waals surface area contributed by atoms with Crippen molar-refractivity contribution in [2.45, 2.75) is 11.3 Å². The molecule has 0 fully saturated rings. The molecule has 26 heavy (non-hydrogen) atoms. The van der Waals surface area contributed by atoms with E-state index < -0.39 is 20.0 Å². The Labute approximate surface area is 154 Å². The van der Waals surface area contributed by atoms with Gasteiger partial charge in [0.1, 0.15) is 12.4 Å². The second-order valence-electron chi connectivity index (χ2n) is 5.62. The highest BCUT2D eigenvalue weighted by molar-refractivity contribution is 7.89. The van der Waals surface area contributed by atoms with Gasteiger partial charge in [-0.15, -0.1) is 0 Å². The van der Waals surface area contributed by atoms with Gasteiger partial charge in [0.25, 0.3) is 0 Å². The Morgan fingerprint density at radius 1 is 0.846 bits per heavy atom. The number of hydrogen-bond donors (Lipinski definition) is 2. The van der Waals surface area contributed by atoms with Gasteiger partial charge < -0.3 is 4.74 Å². The van der Waals surface area contributed by atoms with Gasteiger partial charge in [-0.2, -0.15) is 0 Å². The van der Waals surface area contributed by atoms with Crippen LogP contribution in [0.2, 0.25) is 0 Å². The molecule has 7 nitrogen and oxygen atoms in total. The summed E-state index contributed by atoms with van der Waals surface area (Å²) in [7, 11) is -6.84. The van der Waals surface area contributed by atoms with Crippen molar-refractivity contribution in [3.63, 3.8) is 0 Å². The monoisotopic (exact) mass is 398 g/mol. The standard InChI is InChI=1S/C17H22N2O5S2/c1-25(20,21)18-13-14-24-16-7-9-17(10-8-16)26(22,23)19-12-11-15-5-3-2-4-6-15/h2-10,18-19H,11-14H2,1H3. The number of sulfonamides is 2. The minimum atomic E-state index is -3.59. The predicted octanol–water partition coefficient (Wildman–Crippen LogP) is 1.14. The Morgan fingerprint density at radius 2 is 1.50 bits per heavy atom. The molecule has 0 radical (unpaired) electrons. The van der Waals surface area contributed by atoms with Gasteiger partial charge in [0.2, 0.25) is 20.0 Å². The van der Waals surface area contributed by atoms with Gasteiger partial charge in [-0.1, -0.05) is 30.3 Å². The zero-order chi connectivity index (χ0) is 19.0. The Bertz CT molecular complexity index is 896. The molecule has 142 valence electrons. The molecule has 0 spiro atoms. The highest BCUT2D eigenvalue weighted by Gasteiger charge is 2.13. The van der Waals surface area contributed by atoms with Crippen molar-refractivity contribution in [2.24, 2.45) is 0 Å². The maximum absolute atomic E-state index is 12.3. The van der Waals surface area contributed by atoms with Crippen LogP contribution < -0.4 is 14.2 Å². The summed E-state index contributed by atoms with van der Waals surface area (Å²) in [6.07, 6.45) is 1.67. The summed E-state index contributed by atoms with van der Waals surface area (Å²) in [5.41, 5.74) is 1.06. The lowest BCUT2D eigenvalue weighted by Crippen LogP contribution is -2.27. The second-order valence-corrected chi connectivity index (χ2v) is 9.22. The number of nitrogens with one attached hydrogen (secondary N) is 2. The molecular weight excluding hydrogens is 376 g/mol. The van der Waals surface area contributed by atoms with Crippen LogP contribution in [0.4, 0.5) is 0 Å². The third kappa shape index (κ3) is 7.12. The molecule has 0 aromatic heterocycles. The highest BCUT2D eigenvalue weighted by Crippen LogP contribution is 2.15. The van der Waals surface area contributed by atoms with Crippen LogP contribution in [0.25, 0.3) is 0 Å². The summed E-state index contributed by atoms with van der Waals surface area (Å²) in [5.74, 6) is 0.462. The molecule has 9 heteroatoms. The van der Waals surface area contributed by atoms with E-state index in [1.54, 1.807) is 0 Å². The van der Waals surface area contributed by atoms with E-state index in [2.05, 4.69) is 9.44 Å². The quantitative estimate of drug-likeness (QED) is 0.585. The second kappa shape index (κ2) is 9.13. The Hall–Kier alpha value is -1.94. The zero-order valence-corrected chi connectivity index (χ0v) is 16.0. The minimum absolute atomic E-state index is 0.139. The summed E-state index contributed by atoms with van der Waals surface area (Å²) in [6, 6.07) is 15.6. The van der Waals surface area contributed by atoms with Crippen molar-refractivity contribution in [3.05, 3.63) is 60.2 Å². The lowest BCUT2D eigenvalue weighted by molar-refractivity contribution is 0.322. The van der Waals surface area contributed by atoms with E-state index in [0.29, 0.717) is 18.7 Å². The van der Waals surface area contributed by atoms with Crippen molar-refractivity contribution in [3.8, 4) is 5.75 Å². The molecular formula is C17H22N2O5S2. The zero-order valence-electron chi connectivity index (χ0n) is 14.4.